The summed E-state index contributed by atoms with van der Waals surface area (Å²) < 4.78 is 4.69. The first kappa shape index (κ1) is 17.2. The molecule has 0 spiro atoms. The molecule has 0 radical (unpaired) electrons. The number of carbonyl (C=O) groups excluding carboxylic acids is 2. The first-order valence-corrected chi connectivity index (χ1v) is 8.17. The zero-order chi connectivity index (χ0) is 14.8. The van der Waals surface area contributed by atoms with Gasteiger partial charge in [-0.3, -0.25) is 9.69 Å². The maximum atomic E-state index is 11.7. The van der Waals surface area contributed by atoms with E-state index in [1.165, 1.54) is 38.5 Å². The molecule has 0 saturated carbocycles. The van der Waals surface area contributed by atoms with Gasteiger partial charge in [0.1, 0.15) is 6.04 Å². The van der Waals surface area contributed by atoms with Crippen molar-refractivity contribution >= 4 is 11.9 Å². The molecule has 1 saturated heterocycles. The lowest BCUT2D eigenvalue weighted by Crippen LogP contribution is -2.40. The van der Waals surface area contributed by atoms with Crippen LogP contribution in [0.25, 0.3) is 0 Å². The third-order valence-electron chi connectivity index (χ3n) is 3.89. The average molecular weight is 283 g/mol. The van der Waals surface area contributed by atoms with E-state index in [1.807, 2.05) is 0 Å². The van der Waals surface area contributed by atoms with Gasteiger partial charge in [0.05, 0.1) is 6.42 Å². The van der Waals surface area contributed by atoms with Crippen LogP contribution in [0.3, 0.4) is 0 Å². The Labute approximate surface area is 122 Å². The number of esters is 2. The van der Waals surface area contributed by atoms with E-state index in [1.54, 1.807) is 0 Å². The fourth-order valence-corrected chi connectivity index (χ4v) is 2.65. The van der Waals surface area contributed by atoms with Gasteiger partial charge in [-0.1, -0.05) is 52.4 Å². The van der Waals surface area contributed by atoms with Crippen LogP contribution in [0.4, 0.5) is 0 Å². The number of cyclic esters (lactones) is 2. The average Bonchev–Trinajstić information content (AvgIpc) is 2.76. The van der Waals surface area contributed by atoms with Crippen molar-refractivity contribution in [3.05, 3.63) is 0 Å². The standard InChI is InChI=1S/C16H29NO3/c1-3-5-7-9-11-17(12-10-8-6-4-2)14-13-15(18)20-16(14)19/h14H,3-13H2,1-2H3. The van der Waals surface area contributed by atoms with Crippen LogP contribution in [-0.2, 0) is 14.3 Å². The molecule has 116 valence electrons. The Hall–Kier alpha value is -0.900. The summed E-state index contributed by atoms with van der Waals surface area (Å²) in [5.74, 6) is -0.715. The second kappa shape index (κ2) is 9.92. The second-order valence-electron chi connectivity index (χ2n) is 5.67. The Morgan fingerprint density at radius 3 is 1.90 bits per heavy atom. The van der Waals surface area contributed by atoms with Crippen LogP contribution in [0.5, 0.6) is 0 Å². The topological polar surface area (TPSA) is 46.6 Å². The lowest BCUT2D eigenvalue weighted by Gasteiger charge is -2.25. The molecule has 1 heterocycles. The number of carbonyl (C=O) groups is 2. The summed E-state index contributed by atoms with van der Waals surface area (Å²) in [5.41, 5.74) is 0. The van der Waals surface area contributed by atoms with E-state index in [0.29, 0.717) is 0 Å². The van der Waals surface area contributed by atoms with Crippen molar-refractivity contribution in [1.82, 2.24) is 4.90 Å². The predicted octanol–water partition coefficient (Wildman–Crippen LogP) is 3.29. The third-order valence-corrected chi connectivity index (χ3v) is 3.89. The summed E-state index contributed by atoms with van der Waals surface area (Å²) in [5, 5.41) is 0. The number of hydrogen-bond donors (Lipinski definition) is 0. The molecule has 1 fully saturated rings. The molecule has 0 amide bonds. The minimum atomic E-state index is -0.368. The number of unbranched alkanes of at least 4 members (excludes halogenated alkanes) is 6. The summed E-state index contributed by atoms with van der Waals surface area (Å²) in [6.45, 7) is 6.18. The number of ether oxygens (including phenoxy) is 1. The Morgan fingerprint density at radius 1 is 0.950 bits per heavy atom. The maximum absolute atomic E-state index is 11.7. The van der Waals surface area contributed by atoms with Gasteiger partial charge in [-0.25, -0.2) is 4.79 Å². The van der Waals surface area contributed by atoms with E-state index in [-0.39, 0.29) is 24.4 Å². The largest absolute Gasteiger partial charge is 0.392 e. The van der Waals surface area contributed by atoms with Crippen molar-refractivity contribution in [1.29, 1.82) is 0 Å². The van der Waals surface area contributed by atoms with Crippen molar-refractivity contribution in [2.24, 2.45) is 0 Å². The van der Waals surface area contributed by atoms with Crippen molar-refractivity contribution in [3.8, 4) is 0 Å². The van der Waals surface area contributed by atoms with Gasteiger partial charge in [0, 0.05) is 0 Å². The molecule has 1 unspecified atom stereocenters. The Kier molecular flexibility index (Phi) is 8.51. The first-order valence-electron chi connectivity index (χ1n) is 8.17. The molecule has 20 heavy (non-hydrogen) atoms. The molecule has 1 aliphatic rings. The molecule has 1 rings (SSSR count). The predicted molar refractivity (Wildman–Crippen MR) is 79.4 cm³/mol. The van der Waals surface area contributed by atoms with Crippen molar-refractivity contribution in [3.63, 3.8) is 0 Å². The zero-order valence-corrected chi connectivity index (χ0v) is 13.0. The van der Waals surface area contributed by atoms with Crippen molar-refractivity contribution in [2.45, 2.75) is 77.7 Å². The summed E-state index contributed by atoms with van der Waals surface area (Å²) in [6, 6.07) is -0.328. The number of hydrogen-bond acceptors (Lipinski definition) is 4. The van der Waals surface area contributed by atoms with Gasteiger partial charge in [-0.05, 0) is 25.9 Å². The molecule has 1 atom stereocenters. The summed E-state index contributed by atoms with van der Waals surface area (Å²) >= 11 is 0. The monoisotopic (exact) mass is 283 g/mol. The van der Waals surface area contributed by atoms with Crippen LogP contribution >= 0.6 is 0 Å². The quantitative estimate of drug-likeness (QED) is 0.331. The van der Waals surface area contributed by atoms with E-state index in [9.17, 15) is 9.59 Å². The SMILES string of the molecule is CCCCCCN(CCCCCC)C1CC(=O)OC1=O. The van der Waals surface area contributed by atoms with Crippen LogP contribution in [-0.4, -0.2) is 36.0 Å². The molecule has 0 aromatic rings. The second-order valence-corrected chi connectivity index (χ2v) is 5.67. The van der Waals surface area contributed by atoms with Gasteiger partial charge in [0.2, 0.25) is 0 Å². The lowest BCUT2D eigenvalue weighted by atomic mass is 10.1. The number of nitrogens with zero attached hydrogens (tertiary/aromatic N) is 1. The maximum Gasteiger partial charge on any atom is 0.331 e. The molecule has 0 aliphatic carbocycles. The fraction of sp³-hybridized carbons (Fsp3) is 0.875. The smallest absolute Gasteiger partial charge is 0.331 e. The Balaban J connectivity index is 2.41. The molecule has 1 aliphatic heterocycles. The van der Waals surface area contributed by atoms with Crippen LogP contribution in [0.2, 0.25) is 0 Å². The molecule has 0 bridgehead atoms. The van der Waals surface area contributed by atoms with E-state index < -0.39 is 0 Å². The molecule has 4 nitrogen and oxygen atoms in total. The van der Waals surface area contributed by atoms with Gasteiger partial charge in [-0.15, -0.1) is 0 Å². The highest BCUT2D eigenvalue weighted by molar-refractivity contribution is 5.96. The van der Waals surface area contributed by atoms with Gasteiger partial charge >= 0.3 is 11.9 Å². The number of rotatable bonds is 11. The summed E-state index contributed by atoms with van der Waals surface area (Å²) in [4.78, 5) is 25.1. The molecule has 0 aromatic carbocycles. The summed E-state index contributed by atoms with van der Waals surface area (Å²) in [7, 11) is 0. The van der Waals surface area contributed by atoms with Crippen LogP contribution in [0.1, 0.15) is 71.6 Å². The molecule has 0 aromatic heterocycles. The van der Waals surface area contributed by atoms with Crippen LogP contribution < -0.4 is 0 Å². The van der Waals surface area contributed by atoms with Crippen molar-refractivity contribution < 1.29 is 14.3 Å². The molecular formula is C16H29NO3. The van der Waals surface area contributed by atoms with Gasteiger partial charge in [-0.2, -0.15) is 0 Å². The Morgan fingerprint density at radius 2 is 1.50 bits per heavy atom. The Bertz CT molecular complexity index is 292. The first-order chi connectivity index (χ1) is 9.69. The van der Waals surface area contributed by atoms with Crippen molar-refractivity contribution in [2.75, 3.05) is 13.1 Å². The summed E-state index contributed by atoms with van der Waals surface area (Å²) in [6.07, 6.45) is 9.70. The minimum Gasteiger partial charge on any atom is -0.392 e. The van der Waals surface area contributed by atoms with E-state index in [4.69, 9.17) is 4.74 Å². The molecule has 0 N–H and O–H groups in total. The highest BCUT2D eigenvalue weighted by Gasteiger charge is 2.37. The van der Waals surface area contributed by atoms with E-state index >= 15 is 0 Å². The van der Waals surface area contributed by atoms with Gasteiger partial charge < -0.3 is 4.74 Å². The van der Waals surface area contributed by atoms with E-state index in [0.717, 1.165) is 25.9 Å². The van der Waals surface area contributed by atoms with Gasteiger partial charge in [0.15, 0.2) is 0 Å². The highest BCUT2D eigenvalue weighted by atomic mass is 16.6. The lowest BCUT2D eigenvalue weighted by molar-refractivity contribution is -0.153. The normalized spacial score (nSPS) is 18.9. The molecule has 4 heteroatoms. The van der Waals surface area contributed by atoms with E-state index in [2.05, 4.69) is 18.7 Å². The molecular weight excluding hydrogens is 254 g/mol. The fourth-order valence-electron chi connectivity index (χ4n) is 2.65. The highest BCUT2D eigenvalue weighted by Crippen LogP contribution is 2.17. The van der Waals surface area contributed by atoms with Gasteiger partial charge in [0.25, 0.3) is 0 Å². The van der Waals surface area contributed by atoms with Crippen LogP contribution in [0.15, 0.2) is 0 Å². The van der Waals surface area contributed by atoms with Crippen LogP contribution in [0, 0.1) is 0 Å². The minimum absolute atomic E-state index is 0.236. The zero-order valence-electron chi connectivity index (χ0n) is 13.0. The third kappa shape index (κ3) is 6.04.